The highest BCUT2D eigenvalue weighted by Crippen LogP contribution is 2.67. The molecule has 0 aliphatic heterocycles. The normalized spacial score (nSPS) is 33.9. The quantitative estimate of drug-likeness (QED) is 0.259. The van der Waals surface area contributed by atoms with E-state index in [1.807, 2.05) is 0 Å². The van der Waals surface area contributed by atoms with Crippen molar-refractivity contribution in [2.75, 3.05) is 0 Å². The van der Waals surface area contributed by atoms with Gasteiger partial charge in [0.2, 0.25) is 0 Å². The molecule has 0 radical (unpaired) electrons. The van der Waals surface area contributed by atoms with Crippen LogP contribution in [-0.4, -0.2) is 0 Å². The van der Waals surface area contributed by atoms with Gasteiger partial charge in [0, 0.05) is 5.92 Å². The van der Waals surface area contributed by atoms with Crippen molar-refractivity contribution < 1.29 is 0 Å². The Kier molecular flexibility index (Phi) is 6.43. The molecule has 3 saturated carbocycles. The lowest BCUT2D eigenvalue weighted by molar-refractivity contribution is 0.203. The summed E-state index contributed by atoms with van der Waals surface area (Å²) in [6.07, 6.45) is 17.0. The van der Waals surface area contributed by atoms with Crippen LogP contribution in [0.25, 0.3) is 22.8 Å². The van der Waals surface area contributed by atoms with Crippen LogP contribution in [0.5, 0.6) is 0 Å². The zero-order valence-corrected chi connectivity index (χ0v) is 28.7. The van der Waals surface area contributed by atoms with Crippen LogP contribution >= 0.6 is 0 Å². The molecule has 0 nitrogen and oxygen atoms in total. The average molecular weight is 615 g/mol. The van der Waals surface area contributed by atoms with E-state index in [0.29, 0.717) is 23.7 Å². The van der Waals surface area contributed by atoms with Gasteiger partial charge in [0.05, 0.1) is 0 Å². The molecule has 0 saturated heterocycles. The number of allylic oxidation sites excluding steroid dienone is 6. The number of hydrogen-bond donors (Lipinski definition) is 0. The second-order valence-electron chi connectivity index (χ2n) is 16.7. The number of fused-ring (bicyclic) bond motifs is 6. The fourth-order valence-corrected chi connectivity index (χ4v) is 12.4. The van der Waals surface area contributed by atoms with Crippen molar-refractivity contribution >= 4 is 22.8 Å². The third kappa shape index (κ3) is 4.19. The van der Waals surface area contributed by atoms with Crippen molar-refractivity contribution in [1.82, 2.24) is 0 Å². The second kappa shape index (κ2) is 10.6. The molecule has 3 aromatic rings. The third-order valence-electron chi connectivity index (χ3n) is 14.5. The Bertz CT molecular complexity index is 1920. The summed E-state index contributed by atoms with van der Waals surface area (Å²) < 4.78 is 0. The molecule has 4 bridgehead atoms. The topological polar surface area (TPSA) is 0 Å². The molecule has 0 spiro atoms. The molecule has 3 aromatic carbocycles. The van der Waals surface area contributed by atoms with Gasteiger partial charge >= 0.3 is 0 Å². The minimum Gasteiger partial charge on any atom is -0.0949 e. The molecule has 8 atom stereocenters. The summed E-state index contributed by atoms with van der Waals surface area (Å²) >= 11 is 0. The first-order valence-corrected chi connectivity index (χ1v) is 19.1. The average Bonchev–Trinajstić information content (AvgIpc) is 3.32. The maximum absolute atomic E-state index is 5.01. The van der Waals surface area contributed by atoms with Crippen LogP contribution in [0.2, 0.25) is 0 Å². The standard InChI is InChI=1S/C47H50/c1-5-30-20-32(21-34-25-40(28(4)45(30)34)43-22-31-11-6-7-13-36(31)42(43)19-29-17-18-29)26(2)41-23-33-24-44-46-27(3)35-12-8-9-14-38(35)39(46)16-10-15-37(33)47(41)44/h6-9,11-14,16,20-22,27,29,33,37,41-42,44,46-47H,2,5,10,15,17-19,23-25H2,1,3-4H3/b39-16-/t27?,33?,37-,41-,42?,44?,46?,47?/m1/s1. The number of benzene rings is 3. The van der Waals surface area contributed by atoms with E-state index in [9.17, 15) is 0 Å². The molecule has 238 valence electrons. The minimum absolute atomic E-state index is 0.571. The lowest BCUT2D eigenvalue weighted by Crippen LogP contribution is -2.30. The van der Waals surface area contributed by atoms with Gasteiger partial charge in [-0.1, -0.05) is 106 Å². The van der Waals surface area contributed by atoms with E-state index in [2.05, 4.69) is 93.6 Å². The third-order valence-corrected chi connectivity index (χ3v) is 14.5. The maximum atomic E-state index is 5.01. The molecular weight excluding hydrogens is 565 g/mol. The van der Waals surface area contributed by atoms with E-state index >= 15 is 0 Å². The summed E-state index contributed by atoms with van der Waals surface area (Å²) in [4.78, 5) is 0. The summed E-state index contributed by atoms with van der Waals surface area (Å²) in [7, 11) is 0. The van der Waals surface area contributed by atoms with Crippen LogP contribution in [0.4, 0.5) is 0 Å². The fourth-order valence-electron chi connectivity index (χ4n) is 12.4. The lowest BCUT2D eigenvalue weighted by atomic mass is 9.65. The first-order chi connectivity index (χ1) is 23.0. The van der Waals surface area contributed by atoms with Gasteiger partial charge in [-0.3, -0.25) is 0 Å². The number of hydrogen-bond acceptors (Lipinski definition) is 0. The molecule has 6 unspecified atom stereocenters. The second-order valence-corrected chi connectivity index (χ2v) is 16.7. The lowest BCUT2D eigenvalue weighted by Gasteiger charge is -2.38. The predicted octanol–water partition coefficient (Wildman–Crippen LogP) is 12.1. The van der Waals surface area contributed by atoms with Crippen LogP contribution in [0, 0.1) is 41.4 Å². The number of aryl methyl sites for hydroxylation is 1. The van der Waals surface area contributed by atoms with Crippen LogP contribution < -0.4 is 0 Å². The Morgan fingerprint density at radius 1 is 0.894 bits per heavy atom. The van der Waals surface area contributed by atoms with Gasteiger partial charge in [0.1, 0.15) is 0 Å². The molecule has 47 heavy (non-hydrogen) atoms. The fraction of sp³-hybridized carbons (Fsp3) is 0.447. The Hall–Kier alpha value is -3.38. The van der Waals surface area contributed by atoms with E-state index in [-0.39, 0.29) is 0 Å². The monoisotopic (exact) mass is 614 g/mol. The smallest absolute Gasteiger partial charge is 0.0101 e. The van der Waals surface area contributed by atoms with E-state index in [4.69, 9.17) is 6.58 Å². The van der Waals surface area contributed by atoms with Gasteiger partial charge in [0.15, 0.2) is 0 Å². The highest BCUT2D eigenvalue weighted by Gasteiger charge is 2.58. The molecule has 0 amide bonds. The predicted molar refractivity (Wildman–Crippen MR) is 198 cm³/mol. The van der Waals surface area contributed by atoms with Crippen LogP contribution in [0.3, 0.4) is 0 Å². The summed E-state index contributed by atoms with van der Waals surface area (Å²) in [6, 6.07) is 23.8. The highest BCUT2D eigenvalue weighted by molar-refractivity contribution is 5.87. The molecule has 3 fully saturated rings. The van der Waals surface area contributed by atoms with Crippen LogP contribution in [0.15, 0.2) is 84.5 Å². The molecule has 0 aromatic heterocycles. The van der Waals surface area contributed by atoms with Gasteiger partial charge in [-0.25, -0.2) is 0 Å². The van der Waals surface area contributed by atoms with Crippen molar-refractivity contribution in [3.05, 3.63) is 129 Å². The summed E-state index contributed by atoms with van der Waals surface area (Å²) in [5.41, 5.74) is 20.3. The van der Waals surface area contributed by atoms with Gasteiger partial charge in [0.25, 0.3) is 0 Å². The largest absolute Gasteiger partial charge is 0.0949 e. The molecule has 0 N–H and O–H groups in total. The highest BCUT2D eigenvalue weighted by atomic mass is 14.6. The van der Waals surface area contributed by atoms with E-state index in [1.165, 1.54) is 61.6 Å². The Balaban J connectivity index is 0.971. The van der Waals surface area contributed by atoms with Gasteiger partial charge < -0.3 is 0 Å². The van der Waals surface area contributed by atoms with E-state index in [0.717, 1.165) is 42.4 Å². The van der Waals surface area contributed by atoms with Crippen molar-refractivity contribution in [2.24, 2.45) is 41.4 Å². The van der Waals surface area contributed by atoms with Crippen molar-refractivity contribution in [2.45, 2.75) is 90.4 Å². The summed E-state index contributed by atoms with van der Waals surface area (Å²) in [6.45, 7) is 12.3. The van der Waals surface area contributed by atoms with Crippen molar-refractivity contribution in [3.8, 4) is 0 Å². The van der Waals surface area contributed by atoms with Crippen LogP contribution in [0.1, 0.15) is 122 Å². The summed E-state index contributed by atoms with van der Waals surface area (Å²) in [5, 5.41) is 0. The Morgan fingerprint density at radius 2 is 1.70 bits per heavy atom. The first kappa shape index (κ1) is 28.6. The molecule has 10 rings (SSSR count). The van der Waals surface area contributed by atoms with Gasteiger partial charge in [-0.15, -0.1) is 0 Å². The maximum Gasteiger partial charge on any atom is 0.0101 e. The zero-order valence-electron chi connectivity index (χ0n) is 28.7. The van der Waals surface area contributed by atoms with Crippen molar-refractivity contribution in [1.29, 1.82) is 0 Å². The van der Waals surface area contributed by atoms with Gasteiger partial charge in [-0.05, 0) is 172 Å². The molecule has 0 heteroatoms. The van der Waals surface area contributed by atoms with E-state index in [1.54, 1.807) is 55.7 Å². The van der Waals surface area contributed by atoms with E-state index < -0.39 is 0 Å². The van der Waals surface area contributed by atoms with Crippen molar-refractivity contribution in [3.63, 3.8) is 0 Å². The molecule has 0 heterocycles. The molecule has 7 aliphatic carbocycles. The minimum atomic E-state index is 0.571. The summed E-state index contributed by atoms with van der Waals surface area (Å²) in [5.74, 6) is 6.79. The first-order valence-electron chi connectivity index (χ1n) is 19.1. The Morgan fingerprint density at radius 3 is 2.53 bits per heavy atom. The van der Waals surface area contributed by atoms with Gasteiger partial charge in [-0.2, -0.15) is 0 Å². The molecule has 7 aliphatic rings. The zero-order chi connectivity index (χ0) is 31.6. The van der Waals surface area contributed by atoms with Crippen LogP contribution in [-0.2, 0) is 12.8 Å². The number of rotatable bonds is 6. The Labute approximate surface area is 282 Å². The molecular formula is C47H50. The SMILES string of the molecule is C=C(c1cc(CC)c2c(c1)CC(C1=Cc3ccccc3C1CC1CC1)=C2C)[C@H]1CC2CC3C4/C(=C\CC[C@H]2C31)c1ccccc1C4C.